The van der Waals surface area contributed by atoms with Gasteiger partial charge >= 0.3 is 0 Å². The highest BCUT2D eigenvalue weighted by atomic mass is 16.5. The van der Waals surface area contributed by atoms with E-state index in [2.05, 4.69) is 5.32 Å². The fourth-order valence-corrected chi connectivity index (χ4v) is 2.76. The standard InChI is InChI=1S/C13H25NO2/c15-12-4-2-1-3-5-13(12)16-10-11-6-8-14-9-7-11/h11-15H,1-10H2. The fraction of sp³-hybridized carbons (Fsp3) is 1.00. The summed E-state index contributed by atoms with van der Waals surface area (Å²) in [6, 6.07) is 0. The summed E-state index contributed by atoms with van der Waals surface area (Å²) in [7, 11) is 0. The van der Waals surface area contributed by atoms with Crippen LogP contribution in [0.2, 0.25) is 0 Å². The van der Waals surface area contributed by atoms with Crippen LogP contribution in [0.5, 0.6) is 0 Å². The molecule has 1 aliphatic carbocycles. The Morgan fingerprint density at radius 3 is 2.56 bits per heavy atom. The highest BCUT2D eigenvalue weighted by Crippen LogP contribution is 2.22. The van der Waals surface area contributed by atoms with Crippen molar-refractivity contribution in [1.82, 2.24) is 5.32 Å². The zero-order chi connectivity index (χ0) is 11.2. The first-order valence-electron chi connectivity index (χ1n) is 6.86. The number of nitrogens with one attached hydrogen (secondary N) is 1. The first-order chi connectivity index (χ1) is 7.86. The van der Waals surface area contributed by atoms with E-state index in [0.29, 0.717) is 5.92 Å². The van der Waals surface area contributed by atoms with Gasteiger partial charge in [-0.25, -0.2) is 0 Å². The van der Waals surface area contributed by atoms with Gasteiger partial charge in [0.05, 0.1) is 12.2 Å². The zero-order valence-corrected chi connectivity index (χ0v) is 10.2. The molecule has 0 amide bonds. The Hall–Kier alpha value is -0.120. The first-order valence-corrected chi connectivity index (χ1v) is 6.86. The first kappa shape index (κ1) is 12.3. The summed E-state index contributed by atoms with van der Waals surface area (Å²) in [5.74, 6) is 0.705. The topological polar surface area (TPSA) is 41.5 Å². The molecule has 2 unspecified atom stereocenters. The average molecular weight is 227 g/mol. The van der Waals surface area contributed by atoms with Crippen LogP contribution < -0.4 is 5.32 Å². The van der Waals surface area contributed by atoms with Crippen LogP contribution in [-0.2, 0) is 4.74 Å². The Labute approximate surface area is 98.6 Å². The second kappa shape index (κ2) is 6.58. The number of aliphatic hydroxyl groups excluding tert-OH is 1. The van der Waals surface area contributed by atoms with Gasteiger partial charge in [-0.3, -0.25) is 0 Å². The normalized spacial score (nSPS) is 33.6. The molecule has 16 heavy (non-hydrogen) atoms. The molecular weight excluding hydrogens is 202 g/mol. The summed E-state index contributed by atoms with van der Waals surface area (Å²) < 4.78 is 5.94. The molecule has 2 aliphatic rings. The number of piperidine rings is 1. The van der Waals surface area contributed by atoms with Crippen molar-refractivity contribution >= 4 is 0 Å². The van der Waals surface area contributed by atoms with Crippen molar-refractivity contribution < 1.29 is 9.84 Å². The Morgan fingerprint density at radius 2 is 1.75 bits per heavy atom. The lowest BCUT2D eigenvalue weighted by Crippen LogP contribution is -2.34. The third-order valence-electron chi connectivity index (χ3n) is 3.92. The lowest BCUT2D eigenvalue weighted by atomic mass is 9.99. The van der Waals surface area contributed by atoms with Gasteiger partial charge in [0.15, 0.2) is 0 Å². The van der Waals surface area contributed by atoms with Crippen LogP contribution in [0.25, 0.3) is 0 Å². The van der Waals surface area contributed by atoms with Gasteiger partial charge in [-0.05, 0) is 44.7 Å². The minimum absolute atomic E-state index is 0.109. The summed E-state index contributed by atoms with van der Waals surface area (Å²) in [5.41, 5.74) is 0. The number of rotatable bonds is 3. The summed E-state index contributed by atoms with van der Waals surface area (Å²) in [6.07, 6.45) is 7.95. The van der Waals surface area contributed by atoms with E-state index in [1.807, 2.05) is 0 Å². The Balaban J connectivity index is 1.70. The average Bonchev–Trinajstić information content (AvgIpc) is 2.53. The highest BCUT2D eigenvalue weighted by molar-refractivity contribution is 4.75. The van der Waals surface area contributed by atoms with Crippen molar-refractivity contribution in [2.24, 2.45) is 5.92 Å². The van der Waals surface area contributed by atoms with Gasteiger partial charge in [0.1, 0.15) is 0 Å². The summed E-state index contributed by atoms with van der Waals surface area (Å²) >= 11 is 0. The third kappa shape index (κ3) is 3.72. The molecule has 1 heterocycles. The predicted octanol–water partition coefficient (Wildman–Crippen LogP) is 1.70. The van der Waals surface area contributed by atoms with E-state index >= 15 is 0 Å². The van der Waals surface area contributed by atoms with Gasteiger partial charge in [0.25, 0.3) is 0 Å². The molecule has 0 radical (unpaired) electrons. The number of hydrogen-bond acceptors (Lipinski definition) is 3. The predicted molar refractivity (Wildman–Crippen MR) is 64.4 cm³/mol. The van der Waals surface area contributed by atoms with E-state index in [1.165, 1.54) is 25.7 Å². The molecule has 2 rings (SSSR count). The van der Waals surface area contributed by atoms with Gasteiger partial charge in [-0.1, -0.05) is 19.3 Å². The molecular formula is C13H25NO2. The van der Waals surface area contributed by atoms with Crippen molar-refractivity contribution in [3.05, 3.63) is 0 Å². The molecule has 3 nitrogen and oxygen atoms in total. The smallest absolute Gasteiger partial charge is 0.0834 e. The molecule has 1 saturated heterocycles. The van der Waals surface area contributed by atoms with Crippen molar-refractivity contribution in [3.63, 3.8) is 0 Å². The summed E-state index contributed by atoms with van der Waals surface area (Å²) in [6.45, 7) is 3.10. The largest absolute Gasteiger partial charge is 0.390 e. The SMILES string of the molecule is OC1CCCCCC1OCC1CCNCC1. The molecule has 1 saturated carbocycles. The van der Waals surface area contributed by atoms with Crippen LogP contribution in [0.1, 0.15) is 44.9 Å². The van der Waals surface area contributed by atoms with Gasteiger partial charge in [0, 0.05) is 6.61 Å². The molecule has 0 aromatic heterocycles. The van der Waals surface area contributed by atoms with Crippen LogP contribution in [0.3, 0.4) is 0 Å². The van der Waals surface area contributed by atoms with Crippen LogP contribution in [0, 0.1) is 5.92 Å². The Bertz CT molecular complexity index is 192. The second-order valence-electron chi connectivity index (χ2n) is 5.27. The molecule has 2 atom stereocenters. The molecule has 3 heteroatoms. The van der Waals surface area contributed by atoms with Crippen LogP contribution in [0.4, 0.5) is 0 Å². The molecule has 2 N–H and O–H groups in total. The van der Waals surface area contributed by atoms with E-state index in [1.54, 1.807) is 0 Å². The molecule has 94 valence electrons. The second-order valence-corrected chi connectivity index (χ2v) is 5.27. The molecule has 0 aromatic carbocycles. The number of ether oxygens (including phenoxy) is 1. The van der Waals surface area contributed by atoms with Crippen LogP contribution >= 0.6 is 0 Å². The van der Waals surface area contributed by atoms with E-state index in [-0.39, 0.29) is 12.2 Å². The minimum Gasteiger partial charge on any atom is -0.390 e. The fourth-order valence-electron chi connectivity index (χ4n) is 2.76. The highest BCUT2D eigenvalue weighted by Gasteiger charge is 2.23. The van der Waals surface area contributed by atoms with Gasteiger partial charge in [-0.15, -0.1) is 0 Å². The monoisotopic (exact) mass is 227 g/mol. The Morgan fingerprint density at radius 1 is 1.00 bits per heavy atom. The number of aliphatic hydroxyl groups is 1. The quantitative estimate of drug-likeness (QED) is 0.721. The van der Waals surface area contributed by atoms with Crippen molar-refractivity contribution in [3.8, 4) is 0 Å². The minimum atomic E-state index is -0.218. The van der Waals surface area contributed by atoms with Gasteiger partial charge in [0.2, 0.25) is 0 Å². The maximum absolute atomic E-state index is 9.94. The van der Waals surface area contributed by atoms with E-state index in [0.717, 1.165) is 39.0 Å². The lowest BCUT2D eigenvalue weighted by Gasteiger charge is -2.27. The van der Waals surface area contributed by atoms with Crippen molar-refractivity contribution in [2.75, 3.05) is 19.7 Å². The third-order valence-corrected chi connectivity index (χ3v) is 3.92. The molecule has 0 bridgehead atoms. The number of hydrogen-bond donors (Lipinski definition) is 2. The van der Waals surface area contributed by atoms with Crippen LogP contribution in [0.15, 0.2) is 0 Å². The van der Waals surface area contributed by atoms with Gasteiger partial charge in [-0.2, -0.15) is 0 Å². The Kier molecular flexibility index (Phi) is 5.07. The molecule has 0 spiro atoms. The molecule has 2 fully saturated rings. The van der Waals surface area contributed by atoms with Crippen molar-refractivity contribution in [2.45, 2.75) is 57.2 Å². The lowest BCUT2D eigenvalue weighted by molar-refractivity contribution is -0.0547. The van der Waals surface area contributed by atoms with Crippen molar-refractivity contribution in [1.29, 1.82) is 0 Å². The molecule has 0 aromatic rings. The van der Waals surface area contributed by atoms with E-state index in [4.69, 9.17) is 4.74 Å². The summed E-state index contributed by atoms with van der Waals surface area (Å²) in [4.78, 5) is 0. The molecule has 1 aliphatic heterocycles. The van der Waals surface area contributed by atoms with Gasteiger partial charge < -0.3 is 15.2 Å². The van der Waals surface area contributed by atoms with E-state index < -0.39 is 0 Å². The van der Waals surface area contributed by atoms with E-state index in [9.17, 15) is 5.11 Å². The summed E-state index contributed by atoms with van der Waals surface area (Å²) in [5, 5.41) is 13.3. The van der Waals surface area contributed by atoms with Crippen LogP contribution in [-0.4, -0.2) is 37.0 Å². The maximum atomic E-state index is 9.94. The zero-order valence-electron chi connectivity index (χ0n) is 10.2. The maximum Gasteiger partial charge on any atom is 0.0834 e.